The molecule has 0 aliphatic carbocycles. The molecule has 0 atom stereocenters. The van der Waals surface area contributed by atoms with Gasteiger partial charge in [0.15, 0.2) is 0 Å². The van der Waals surface area contributed by atoms with Gasteiger partial charge in [-0.3, -0.25) is 0 Å². The molecule has 0 saturated heterocycles. The lowest BCUT2D eigenvalue weighted by Crippen LogP contribution is -2.26. The molecular formula is C11H16Cl2N2. The third-order valence-electron chi connectivity index (χ3n) is 2.06. The Hall–Kier alpha value is -0.280. The van der Waals surface area contributed by atoms with Gasteiger partial charge in [-0.2, -0.15) is 0 Å². The van der Waals surface area contributed by atoms with Crippen LogP contribution >= 0.6 is 23.2 Å². The lowest BCUT2D eigenvalue weighted by atomic mass is 10.2. The zero-order valence-corrected chi connectivity index (χ0v) is 10.3. The van der Waals surface area contributed by atoms with E-state index in [0.29, 0.717) is 5.02 Å². The van der Waals surface area contributed by atoms with Crippen molar-refractivity contribution in [2.75, 3.05) is 19.6 Å². The number of benzene rings is 1. The molecule has 0 amide bonds. The van der Waals surface area contributed by atoms with Crippen LogP contribution in [0.5, 0.6) is 0 Å². The van der Waals surface area contributed by atoms with Gasteiger partial charge in [0.1, 0.15) is 0 Å². The van der Waals surface area contributed by atoms with Crippen LogP contribution in [-0.2, 0) is 6.54 Å². The van der Waals surface area contributed by atoms with Crippen LogP contribution in [0.3, 0.4) is 0 Å². The van der Waals surface area contributed by atoms with E-state index in [1.54, 1.807) is 6.07 Å². The number of halogens is 2. The van der Waals surface area contributed by atoms with Crippen molar-refractivity contribution in [3.63, 3.8) is 0 Å². The third kappa shape index (κ3) is 4.85. The van der Waals surface area contributed by atoms with Crippen molar-refractivity contribution in [2.24, 2.45) is 0 Å². The van der Waals surface area contributed by atoms with E-state index in [1.807, 2.05) is 12.1 Å². The Bertz CT molecular complexity index is 303. The Morgan fingerprint density at radius 1 is 1.13 bits per heavy atom. The summed E-state index contributed by atoms with van der Waals surface area (Å²) in [7, 11) is 0. The second-order valence-corrected chi connectivity index (χ2v) is 4.11. The van der Waals surface area contributed by atoms with Gasteiger partial charge >= 0.3 is 0 Å². The lowest BCUT2D eigenvalue weighted by molar-refractivity contribution is 0.625. The molecule has 0 aromatic heterocycles. The molecule has 1 aromatic rings. The summed E-state index contributed by atoms with van der Waals surface area (Å²) in [6.45, 7) is 5.79. The molecule has 0 radical (unpaired) electrons. The first-order valence-corrected chi connectivity index (χ1v) is 5.85. The van der Waals surface area contributed by atoms with Gasteiger partial charge in [-0.15, -0.1) is 0 Å². The molecule has 0 unspecified atom stereocenters. The van der Waals surface area contributed by atoms with Crippen LogP contribution < -0.4 is 10.6 Å². The van der Waals surface area contributed by atoms with Crippen LogP contribution in [0.15, 0.2) is 18.2 Å². The molecule has 84 valence electrons. The highest BCUT2D eigenvalue weighted by molar-refractivity contribution is 6.35. The molecule has 0 aliphatic rings. The minimum Gasteiger partial charge on any atom is -0.316 e. The van der Waals surface area contributed by atoms with Crippen LogP contribution in [0.25, 0.3) is 0 Å². The summed E-state index contributed by atoms with van der Waals surface area (Å²) >= 11 is 11.8. The first kappa shape index (κ1) is 12.8. The molecule has 2 nitrogen and oxygen atoms in total. The summed E-state index contributed by atoms with van der Waals surface area (Å²) in [5.41, 5.74) is 1.08. The Kier molecular flexibility index (Phi) is 6.03. The maximum Gasteiger partial charge on any atom is 0.0465 e. The molecule has 0 saturated carbocycles. The second kappa shape index (κ2) is 7.07. The normalized spacial score (nSPS) is 10.6. The van der Waals surface area contributed by atoms with Gasteiger partial charge in [0, 0.05) is 29.7 Å². The van der Waals surface area contributed by atoms with E-state index >= 15 is 0 Å². The van der Waals surface area contributed by atoms with Crippen molar-refractivity contribution in [1.82, 2.24) is 10.6 Å². The van der Waals surface area contributed by atoms with Crippen LogP contribution in [-0.4, -0.2) is 19.6 Å². The minimum absolute atomic E-state index is 0.677. The van der Waals surface area contributed by atoms with Crippen LogP contribution in [0.2, 0.25) is 10.0 Å². The molecule has 0 bridgehead atoms. The number of rotatable bonds is 6. The first-order valence-electron chi connectivity index (χ1n) is 5.09. The number of nitrogens with one attached hydrogen (secondary N) is 2. The molecule has 4 heteroatoms. The van der Waals surface area contributed by atoms with E-state index in [-0.39, 0.29) is 0 Å². The van der Waals surface area contributed by atoms with Crippen molar-refractivity contribution in [3.05, 3.63) is 33.8 Å². The van der Waals surface area contributed by atoms with Gasteiger partial charge in [-0.05, 0) is 24.2 Å². The average molecular weight is 247 g/mol. The van der Waals surface area contributed by atoms with Gasteiger partial charge < -0.3 is 10.6 Å². The topological polar surface area (TPSA) is 24.1 Å². The summed E-state index contributed by atoms with van der Waals surface area (Å²) in [5, 5.41) is 7.95. The number of hydrogen-bond acceptors (Lipinski definition) is 2. The van der Waals surface area contributed by atoms with Crippen molar-refractivity contribution < 1.29 is 0 Å². The predicted octanol–water partition coefficient (Wildman–Crippen LogP) is 2.69. The van der Waals surface area contributed by atoms with Crippen LogP contribution in [0.1, 0.15) is 12.5 Å². The molecule has 1 rings (SSSR count). The molecule has 0 heterocycles. The zero-order chi connectivity index (χ0) is 11.1. The second-order valence-electron chi connectivity index (χ2n) is 3.27. The maximum atomic E-state index is 6.03. The summed E-state index contributed by atoms with van der Waals surface area (Å²) in [5.74, 6) is 0. The van der Waals surface area contributed by atoms with Gasteiger partial charge in [-0.1, -0.05) is 36.2 Å². The maximum absolute atomic E-state index is 6.03. The van der Waals surface area contributed by atoms with E-state index < -0.39 is 0 Å². The van der Waals surface area contributed by atoms with Crippen molar-refractivity contribution in [1.29, 1.82) is 0 Å². The predicted molar refractivity (Wildman–Crippen MR) is 66.7 cm³/mol. The SMILES string of the molecule is CCNCCNCc1ccc(Cl)cc1Cl. The Labute approximate surface area is 101 Å². The molecule has 15 heavy (non-hydrogen) atoms. The van der Waals surface area contributed by atoms with Crippen molar-refractivity contribution in [3.8, 4) is 0 Å². The highest BCUT2D eigenvalue weighted by atomic mass is 35.5. The molecule has 0 aliphatic heterocycles. The fraction of sp³-hybridized carbons (Fsp3) is 0.455. The third-order valence-corrected chi connectivity index (χ3v) is 2.65. The van der Waals surface area contributed by atoms with E-state index in [1.165, 1.54) is 0 Å². The lowest BCUT2D eigenvalue weighted by Gasteiger charge is -2.07. The van der Waals surface area contributed by atoms with E-state index in [9.17, 15) is 0 Å². The summed E-state index contributed by atoms with van der Waals surface area (Å²) < 4.78 is 0. The quantitative estimate of drug-likeness (QED) is 0.755. The van der Waals surface area contributed by atoms with Crippen molar-refractivity contribution in [2.45, 2.75) is 13.5 Å². The summed E-state index contributed by atoms with van der Waals surface area (Å²) in [6, 6.07) is 5.57. The van der Waals surface area contributed by atoms with E-state index in [2.05, 4.69) is 17.6 Å². The van der Waals surface area contributed by atoms with E-state index in [4.69, 9.17) is 23.2 Å². The summed E-state index contributed by atoms with van der Waals surface area (Å²) in [6.07, 6.45) is 0. The zero-order valence-electron chi connectivity index (χ0n) is 8.82. The summed E-state index contributed by atoms with van der Waals surface area (Å²) in [4.78, 5) is 0. The molecule has 1 aromatic carbocycles. The van der Waals surface area contributed by atoms with E-state index in [0.717, 1.165) is 36.8 Å². The molecule has 0 spiro atoms. The van der Waals surface area contributed by atoms with Gasteiger partial charge in [0.05, 0.1) is 0 Å². The fourth-order valence-corrected chi connectivity index (χ4v) is 1.72. The van der Waals surface area contributed by atoms with Crippen LogP contribution in [0, 0.1) is 0 Å². The molecule has 2 N–H and O–H groups in total. The van der Waals surface area contributed by atoms with Crippen molar-refractivity contribution >= 4 is 23.2 Å². The monoisotopic (exact) mass is 246 g/mol. The number of hydrogen-bond donors (Lipinski definition) is 2. The van der Waals surface area contributed by atoms with Gasteiger partial charge in [-0.25, -0.2) is 0 Å². The first-order chi connectivity index (χ1) is 7.24. The average Bonchev–Trinajstić information content (AvgIpc) is 2.20. The highest BCUT2D eigenvalue weighted by Gasteiger charge is 1.99. The Morgan fingerprint density at radius 2 is 1.87 bits per heavy atom. The Morgan fingerprint density at radius 3 is 2.53 bits per heavy atom. The minimum atomic E-state index is 0.677. The number of likely N-dealkylation sites (N-methyl/N-ethyl adjacent to an activating group) is 1. The highest BCUT2D eigenvalue weighted by Crippen LogP contribution is 2.20. The Balaban J connectivity index is 2.31. The van der Waals surface area contributed by atoms with Crippen LogP contribution in [0.4, 0.5) is 0 Å². The molecule has 0 fully saturated rings. The van der Waals surface area contributed by atoms with Gasteiger partial charge in [0.2, 0.25) is 0 Å². The standard InChI is InChI=1S/C11H16Cl2N2/c1-2-14-5-6-15-8-9-3-4-10(12)7-11(9)13/h3-4,7,14-15H,2,5-6,8H2,1H3. The smallest absolute Gasteiger partial charge is 0.0465 e. The fourth-order valence-electron chi connectivity index (χ4n) is 1.24. The van der Waals surface area contributed by atoms with Gasteiger partial charge in [0.25, 0.3) is 0 Å². The largest absolute Gasteiger partial charge is 0.316 e. The molecular weight excluding hydrogens is 231 g/mol.